The minimum Gasteiger partial charge on any atom is -0.491 e. The van der Waals surface area contributed by atoms with Gasteiger partial charge in [0.25, 0.3) is 0 Å². The number of nitrogens with zero attached hydrogens (tertiary/aromatic N) is 5. The quantitative estimate of drug-likeness (QED) is 0.555. The molecule has 0 fully saturated rings. The summed E-state index contributed by atoms with van der Waals surface area (Å²) in [6, 6.07) is 0. The summed E-state index contributed by atoms with van der Waals surface area (Å²) in [4.78, 5) is 0. The van der Waals surface area contributed by atoms with Crippen molar-refractivity contribution in [2.24, 2.45) is 0 Å². The lowest BCUT2D eigenvalue weighted by molar-refractivity contribution is 0.378. The van der Waals surface area contributed by atoms with Crippen LogP contribution in [0.25, 0.3) is 0 Å². The average Bonchev–Trinajstić information content (AvgIpc) is 2.19. The number of ether oxygens (including phenoxy) is 1. The maximum absolute atomic E-state index is 8.46. The van der Waals surface area contributed by atoms with Gasteiger partial charge in [0.1, 0.15) is 10.8 Å². The molecule has 0 saturated heterocycles. The highest BCUT2D eigenvalue weighted by Gasteiger charge is 2.14. The number of thioether (sulfide) groups is 2. The summed E-state index contributed by atoms with van der Waals surface area (Å²) in [6.45, 7) is 0. The van der Waals surface area contributed by atoms with Crippen molar-refractivity contribution >= 4 is 23.5 Å². The molecule has 1 aromatic heterocycles. The second-order valence-electron chi connectivity index (χ2n) is 1.82. The van der Waals surface area contributed by atoms with Gasteiger partial charge in [-0.15, -0.1) is 10.2 Å². The van der Waals surface area contributed by atoms with Gasteiger partial charge < -0.3 is 4.74 Å². The van der Waals surface area contributed by atoms with E-state index in [1.54, 1.807) is 0 Å². The van der Waals surface area contributed by atoms with Crippen LogP contribution in [0.3, 0.4) is 0 Å². The molecule has 0 N–H and O–H groups in total. The molecule has 0 aliphatic rings. The van der Waals surface area contributed by atoms with E-state index in [4.69, 9.17) is 15.3 Å². The Hall–Kier alpha value is -1.51. The molecule has 0 spiro atoms. The molecule has 0 bridgehead atoms. The van der Waals surface area contributed by atoms with Crippen LogP contribution in [0, 0.1) is 21.3 Å². The van der Waals surface area contributed by atoms with E-state index < -0.39 is 0 Å². The second kappa shape index (κ2) is 5.27. The van der Waals surface area contributed by atoms with Crippen LogP contribution >= 0.6 is 23.5 Å². The monoisotopic (exact) mass is 225 g/mol. The summed E-state index contributed by atoms with van der Waals surface area (Å²) >= 11 is 1.62. The molecule has 1 heterocycles. The zero-order valence-corrected chi connectivity index (χ0v) is 8.59. The first-order valence-corrected chi connectivity index (χ1v) is 4.86. The Morgan fingerprint density at radius 1 is 1.14 bits per heavy atom. The highest BCUT2D eigenvalue weighted by Crippen LogP contribution is 2.32. The van der Waals surface area contributed by atoms with Gasteiger partial charge in [-0.05, 0) is 5.21 Å². The van der Waals surface area contributed by atoms with E-state index in [0.29, 0.717) is 15.8 Å². The summed E-state index contributed by atoms with van der Waals surface area (Å²) in [5.74, 6) is 0.304. The maximum Gasteiger partial charge on any atom is 0.189 e. The smallest absolute Gasteiger partial charge is 0.189 e. The molecule has 0 saturated carbocycles. The summed E-state index contributed by atoms with van der Waals surface area (Å²) in [6.07, 6.45) is 0. The summed E-state index contributed by atoms with van der Waals surface area (Å²) in [7, 11) is 1.42. The average molecular weight is 225 g/mol. The molecule has 0 radical (unpaired) electrons. The number of thiocyanates is 2. The van der Waals surface area contributed by atoms with Gasteiger partial charge in [-0.2, -0.15) is 10.5 Å². The lowest BCUT2D eigenvalue weighted by atomic mass is 10.6. The maximum atomic E-state index is 8.46. The minimum atomic E-state index is 0.304. The standard InChI is InChI=1S/C6H3N5OS2/c1-12-4-5(13-2-7)9-11-10-6(4)14-3-8/h1H3. The lowest BCUT2D eigenvalue weighted by Gasteiger charge is -2.03. The topological polar surface area (TPSA) is 95.5 Å². The van der Waals surface area contributed by atoms with Gasteiger partial charge in [0.05, 0.1) is 7.11 Å². The van der Waals surface area contributed by atoms with Gasteiger partial charge in [-0.1, -0.05) is 0 Å². The molecule has 0 aliphatic carbocycles. The van der Waals surface area contributed by atoms with Crippen molar-refractivity contribution in [2.75, 3.05) is 7.11 Å². The molecular weight excluding hydrogens is 222 g/mol. The Balaban J connectivity index is 3.13. The molecule has 8 heteroatoms. The van der Waals surface area contributed by atoms with Gasteiger partial charge in [-0.3, -0.25) is 0 Å². The van der Waals surface area contributed by atoms with Crippen molar-refractivity contribution in [3.63, 3.8) is 0 Å². The van der Waals surface area contributed by atoms with Crippen LogP contribution < -0.4 is 4.74 Å². The van der Waals surface area contributed by atoms with E-state index in [-0.39, 0.29) is 0 Å². The number of aromatic nitrogens is 3. The molecule has 14 heavy (non-hydrogen) atoms. The molecule has 1 aromatic rings. The van der Waals surface area contributed by atoms with E-state index in [2.05, 4.69) is 15.4 Å². The second-order valence-corrected chi connectivity index (χ2v) is 3.37. The summed E-state index contributed by atoms with van der Waals surface area (Å²) in [5, 5.41) is 31.9. The number of nitriles is 2. The summed E-state index contributed by atoms with van der Waals surface area (Å²) < 4.78 is 4.97. The normalized spacial score (nSPS) is 8.79. The lowest BCUT2D eigenvalue weighted by Crippen LogP contribution is -1.97. The highest BCUT2D eigenvalue weighted by molar-refractivity contribution is 8.04. The molecule has 0 aromatic carbocycles. The molecule has 1 rings (SSSR count). The van der Waals surface area contributed by atoms with E-state index >= 15 is 0 Å². The molecule has 0 amide bonds. The van der Waals surface area contributed by atoms with E-state index in [0.717, 1.165) is 23.5 Å². The fraction of sp³-hybridized carbons (Fsp3) is 0.167. The Bertz CT molecular complexity index is 375. The van der Waals surface area contributed by atoms with Crippen molar-refractivity contribution in [1.82, 2.24) is 15.4 Å². The summed E-state index contributed by atoms with van der Waals surface area (Å²) in [5.41, 5.74) is 0. The number of methoxy groups -OCH3 is 1. The number of rotatable bonds is 3. The fourth-order valence-corrected chi connectivity index (χ4v) is 1.62. The minimum absolute atomic E-state index is 0.304. The van der Waals surface area contributed by atoms with Crippen molar-refractivity contribution in [2.45, 2.75) is 10.1 Å². The van der Waals surface area contributed by atoms with Crippen molar-refractivity contribution < 1.29 is 4.74 Å². The fourth-order valence-electron chi connectivity index (χ4n) is 0.681. The third-order valence-electron chi connectivity index (χ3n) is 1.15. The Kier molecular flexibility index (Phi) is 3.98. The first kappa shape index (κ1) is 10.6. The predicted octanol–water partition coefficient (Wildman–Crippen LogP) is 1.03. The molecule has 0 atom stereocenters. The van der Waals surface area contributed by atoms with E-state index in [1.807, 2.05) is 10.8 Å². The van der Waals surface area contributed by atoms with Crippen LogP contribution in [0.1, 0.15) is 0 Å². The predicted molar refractivity (Wildman–Crippen MR) is 49.3 cm³/mol. The van der Waals surface area contributed by atoms with Gasteiger partial charge in [0.2, 0.25) is 0 Å². The van der Waals surface area contributed by atoms with Crippen molar-refractivity contribution in [1.29, 1.82) is 10.5 Å². The zero-order chi connectivity index (χ0) is 10.4. The first-order valence-electron chi connectivity index (χ1n) is 3.22. The number of hydrogen-bond donors (Lipinski definition) is 0. The first-order chi connectivity index (χ1) is 6.83. The van der Waals surface area contributed by atoms with Gasteiger partial charge >= 0.3 is 0 Å². The SMILES string of the molecule is COc1c(SC#N)nnnc1SC#N. The Labute approximate surface area is 88.3 Å². The van der Waals surface area contributed by atoms with Gasteiger partial charge in [0.15, 0.2) is 15.8 Å². The molecule has 0 unspecified atom stereocenters. The molecular formula is C6H3N5OS2. The largest absolute Gasteiger partial charge is 0.491 e. The molecule has 70 valence electrons. The third kappa shape index (κ3) is 2.25. The van der Waals surface area contributed by atoms with Crippen LogP contribution in [0.4, 0.5) is 0 Å². The molecule has 6 nitrogen and oxygen atoms in total. The Morgan fingerprint density at radius 2 is 1.64 bits per heavy atom. The van der Waals surface area contributed by atoms with Crippen LogP contribution in [0.2, 0.25) is 0 Å². The van der Waals surface area contributed by atoms with Crippen LogP contribution in [0.15, 0.2) is 10.1 Å². The molecule has 0 aliphatic heterocycles. The van der Waals surface area contributed by atoms with Crippen LogP contribution in [-0.4, -0.2) is 22.5 Å². The zero-order valence-electron chi connectivity index (χ0n) is 6.96. The highest BCUT2D eigenvalue weighted by atomic mass is 32.2. The van der Waals surface area contributed by atoms with E-state index in [1.165, 1.54) is 7.11 Å². The van der Waals surface area contributed by atoms with Crippen molar-refractivity contribution in [3.8, 4) is 16.6 Å². The van der Waals surface area contributed by atoms with Crippen LogP contribution in [0.5, 0.6) is 5.75 Å². The third-order valence-corrected chi connectivity index (χ3v) is 2.25. The van der Waals surface area contributed by atoms with E-state index in [9.17, 15) is 0 Å². The van der Waals surface area contributed by atoms with Crippen LogP contribution in [-0.2, 0) is 0 Å². The number of hydrogen-bond acceptors (Lipinski definition) is 8. The van der Waals surface area contributed by atoms with Gasteiger partial charge in [-0.25, -0.2) is 0 Å². The van der Waals surface area contributed by atoms with Crippen molar-refractivity contribution in [3.05, 3.63) is 0 Å². The Morgan fingerprint density at radius 3 is 2.00 bits per heavy atom. The van der Waals surface area contributed by atoms with Gasteiger partial charge in [0, 0.05) is 23.5 Å².